The van der Waals surface area contributed by atoms with Crippen molar-refractivity contribution in [3.63, 3.8) is 0 Å². The molecule has 2 aliphatic heterocycles. The maximum atomic E-state index is 13.0. The van der Waals surface area contributed by atoms with Gasteiger partial charge in [0.05, 0.1) is 0 Å². The normalized spacial score (nSPS) is 20.2. The zero-order valence-corrected chi connectivity index (χ0v) is 18.4. The van der Waals surface area contributed by atoms with E-state index in [0.717, 1.165) is 24.0 Å². The highest BCUT2D eigenvalue weighted by Gasteiger charge is 2.39. The topological polar surface area (TPSA) is 83.6 Å². The lowest BCUT2D eigenvalue weighted by molar-refractivity contribution is -0.137. The van der Waals surface area contributed by atoms with Crippen LogP contribution in [-0.4, -0.2) is 34.4 Å². The van der Waals surface area contributed by atoms with Gasteiger partial charge in [0.25, 0.3) is 5.91 Å². The summed E-state index contributed by atoms with van der Waals surface area (Å²) in [4.78, 5) is 50.7. The first-order valence-electron chi connectivity index (χ1n) is 10.9. The van der Waals surface area contributed by atoms with Gasteiger partial charge in [0, 0.05) is 31.4 Å². The van der Waals surface area contributed by atoms with E-state index in [-0.39, 0.29) is 35.4 Å². The molecule has 30 heavy (non-hydrogen) atoms. The van der Waals surface area contributed by atoms with Crippen LogP contribution in [0.1, 0.15) is 93.6 Å². The number of hydrogen-bond donors (Lipinski definition) is 1. The summed E-state index contributed by atoms with van der Waals surface area (Å²) in [7, 11) is 0. The molecule has 0 spiro atoms. The number of ketones is 1. The number of imide groups is 1. The maximum Gasteiger partial charge on any atom is 0.255 e. The Morgan fingerprint density at radius 3 is 2.67 bits per heavy atom. The van der Waals surface area contributed by atoms with Crippen molar-refractivity contribution in [3.8, 4) is 0 Å². The Labute approximate surface area is 178 Å². The summed E-state index contributed by atoms with van der Waals surface area (Å²) in [5, 5.41) is 2.32. The van der Waals surface area contributed by atoms with Crippen molar-refractivity contribution >= 4 is 23.5 Å². The lowest BCUT2D eigenvalue weighted by Gasteiger charge is -2.29. The van der Waals surface area contributed by atoms with Crippen molar-refractivity contribution < 1.29 is 19.2 Å². The van der Waals surface area contributed by atoms with Crippen LogP contribution in [0.2, 0.25) is 0 Å². The molecule has 0 aliphatic carbocycles. The minimum absolute atomic E-state index is 0.0158. The molecule has 3 rings (SSSR count). The van der Waals surface area contributed by atoms with Gasteiger partial charge in [-0.25, -0.2) is 0 Å². The largest absolute Gasteiger partial charge is 0.322 e. The standard InChI is InChI=1S/C24H32N2O4/c1-5-10-24(3,4)13-18(27)11-15(2)16-6-7-17-14-26(23(30)19(17)12-16)20-8-9-21(28)25-22(20)29/h6-7,12,15,20H,5,8-11,13-14H2,1-4H3,(H,25,28,29). The Balaban J connectivity index is 1.68. The number of carbonyl (C=O) groups excluding carboxylic acids is 4. The van der Waals surface area contributed by atoms with Crippen molar-refractivity contribution in [2.75, 3.05) is 0 Å². The number of amides is 3. The lowest BCUT2D eigenvalue weighted by atomic mass is 9.81. The molecule has 162 valence electrons. The van der Waals surface area contributed by atoms with Gasteiger partial charge in [0.1, 0.15) is 11.8 Å². The van der Waals surface area contributed by atoms with Gasteiger partial charge in [-0.2, -0.15) is 0 Å². The number of carbonyl (C=O) groups is 4. The van der Waals surface area contributed by atoms with Crippen LogP contribution in [-0.2, 0) is 20.9 Å². The van der Waals surface area contributed by atoms with Crippen LogP contribution in [0.25, 0.3) is 0 Å². The molecule has 1 saturated heterocycles. The van der Waals surface area contributed by atoms with Gasteiger partial charge in [-0.05, 0) is 41.4 Å². The van der Waals surface area contributed by atoms with Crippen molar-refractivity contribution in [1.29, 1.82) is 0 Å². The number of hydrogen-bond acceptors (Lipinski definition) is 4. The summed E-state index contributed by atoms with van der Waals surface area (Å²) in [6.45, 7) is 8.80. The highest BCUT2D eigenvalue weighted by molar-refractivity contribution is 6.05. The predicted octanol–water partition coefficient (Wildman–Crippen LogP) is 3.73. The molecule has 1 aromatic rings. The van der Waals surface area contributed by atoms with E-state index >= 15 is 0 Å². The van der Waals surface area contributed by atoms with Crippen LogP contribution in [0, 0.1) is 5.41 Å². The Hall–Kier alpha value is -2.50. The molecule has 2 atom stereocenters. The van der Waals surface area contributed by atoms with E-state index in [4.69, 9.17) is 0 Å². The SMILES string of the molecule is CCCC(C)(C)CC(=O)CC(C)c1ccc2c(c1)C(=O)N(C1CCC(=O)NC1=O)C2. The van der Waals surface area contributed by atoms with Gasteiger partial charge in [-0.1, -0.05) is 46.2 Å². The maximum absolute atomic E-state index is 13.0. The highest BCUT2D eigenvalue weighted by Crippen LogP contribution is 2.32. The quantitative estimate of drug-likeness (QED) is 0.660. The second-order valence-corrected chi connectivity index (χ2v) is 9.55. The molecule has 6 nitrogen and oxygen atoms in total. The Kier molecular flexibility index (Phi) is 6.44. The number of piperidine rings is 1. The summed E-state index contributed by atoms with van der Waals surface area (Å²) in [5.41, 5.74) is 2.47. The summed E-state index contributed by atoms with van der Waals surface area (Å²) in [6, 6.07) is 5.18. The molecule has 0 radical (unpaired) electrons. The number of nitrogens with zero attached hydrogens (tertiary/aromatic N) is 1. The van der Waals surface area contributed by atoms with Crippen molar-refractivity contribution in [2.45, 2.75) is 84.7 Å². The molecule has 0 saturated carbocycles. The fraction of sp³-hybridized carbons (Fsp3) is 0.583. The molecule has 2 heterocycles. The van der Waals surface area contributed by atoms with Gasteiger partial charge < -0.3 is 4.90 Å². The summed E-state index contributed by atoms with van der Waals surface area (Å²) >= 11 is 0. The second-order valence-electron chi connectivity index (χ2n) is 9.55. The number of nitrogens with one attached hydrogen (secondary N) is 1. The molecular weight excluding hydrogens is 380 g/mol. The highest BCUT2D eigenvalue weighted by atomic mass is 16.2. The molecule has 1 aromatic carbocycles. The molecule has 0 bridgehead atoms. The lowest BCUT2D eigenvalue weighted by Crippen LogP contribution is -2.52. The van der Waals surface area contributed by atoms with Crippen LogP contribution in [0.4, 0.5) is 0 Å². The van der Waals surface area contributed by atoms with Gasteiger partial charge >= 0.3 is 0 Å². The van der Waals surface area contributed by atoms with E-state index in [1.807, 2.05) is 25.1 Å². The van der Waals surface area contributed by atoms with Gasteiger partial charge in [-0.3, -0.25) is 24.5 Å². The van der Waals surface area contributed by atoms with E-state index in [1.165, 1.54) is 0 Å². The molecule has 2 unspecified atom stereocenters. The Bertz CT molecular complexity index is 874. The third-order valence-electron chi connectivity index (χ3n) is 6.26. The van der Waals surface area contributed by atoms with Crippen LogP contribution in [0.5, 0.6) is 0 Å². The Morgan fingerprint density at radius 2 is 2.00 bits per heavy atom. The van der Waals surface area contributed by atoms with Crippen LogP contribution >= 0.6 is 0 Å². The average Bonchev–Trinajstić information content (AvgIpc) is 2.97. The third kappa shape index (κ3) is 4.79. The number of fused-ring (bicyclic) bond motifs is 1. The predicted molar refractivity (Wildman–Crippen MR) is 114 cm³/mol. The van der Waals surface area contributed by atoms with E-state index in [1.54, 1.807) is 4.90 Å². The monoisotopic (exact) mass is 412 g/mol. The number of benzene rings is 1. The zero-order valence-electron chi connectivity index (χ0n) is 18.4. The van der Waals surface area contributed by atoms with Gasteiger partial charge in [0.2, 0.25) is 11.8 Å². The third-order valence-corrected chi connectivity index (χ3v) is 6.26. The molecule has 6 heteroatoms. The minimum atomic E-state index is -0.606. The average molecular weight is 413 g/mol. The second kappa shape index (κ2) is 8.70. The number of rotatable bonds is 8. The first-order chi connectivity index (χ1) is 14.1. The molecule has 3 amide bonds. The fourth-order valence-corrected chi connectivity index (χ4v) is 4.71. The van der Waals surface area contributed by atoms with E-state index in [2.05, 4.69) is 26.1 Å². The van der Waals surface area contributed by atoms with E-state index < -0.39 is 11.9 Å². The molecule has 1 fully saturated rings. The number of Topliss-reactive ketones (excluding diaryl/α,β-unsaturated/α-hetero) is 1. The summed E-state index contributed by atoms with van der Waals surface area (Å²) < 4.78 is 0. The van der Waals surface area contributed by atoms with E-state index in [0.29, 0.717) is 31.4 Å². The molecule has 2 aliphatic rings. The first kappa shape index (κ1) is 22.2. The molecule has 1 N–H and O–H groups in total. The molecular formula is C24H32N2O4. The smallest absolute Gasteiger partial charge is 0.255 e. The summed E-state index contributed by atoms with van der Waals surface area (Å²) in [6.07, 6.45) is 3.71. The van der Waals surface area contributed by atoms with Gasteiger partial charge in [-0.15, -0.1) is 0 Å². The van der Waals surface area contributed by atoms with E-state index in [9.17, 15) is 19.2 Å². The molecule has 0 aromatic heterocycles. The zero-order chi connectivity index (χ0) is 22.1. The fourth-order valence-electron chi connectivity index (χ4n) is 4.71. The summed E-state index contributed by atoms with van der Waals surface area (Å²) in [5.74, 6) is -0.593. The first-order valence-corrected chi connectivity index (χ1v) is 10.9. The Morgan fingerprint density at radius 1 is 1.27 bits per heavy atom. The van der Waals surface area contributed by atoms with Crippen molar-refractivity contribution in [3.05, 3.63) is 34.9 Å². The van der Waals surface area contributed by atoms with Crippen molar-refractivity contribution in [1.82, 2.24) is 10.2 Å². The minimum Gasteiger partial charge on any atom is -0.322 e. The van der Waals surface area contributed by atoms with Crippen molar-refractivity contribution in [2.24, 2.45) is 5.41 Å². The van der Waals surface area contributed by atoms with Crippen LogP contribution in [0.15, 0.2) is 18.2 Å². The van der Waals surface area contributed by atoms with Crippen LogP contribution < -0.4 is 5.32 Å². The van der Waals surface area contributed by atoms with Gasteiger partial charge in [0.15, 0.2) is 0 Å². The van der Waals surface area contributed by atoms with Crippen LogP contribution in [0.3, 0.4) is 0 Å².